The average Bonchev–Trinajstić information content (AvgIpc) is 3.56. The van der Waals surface area contributed by atoms with E-state index in [0.717, 1.165) is 22.9 Å². The molecule has 0 radical (unpaired) electrons. The van der Waals surface area contributed by atoms with E-state index in [1.165, 1.54) is 11.1 Å². The minimum atomic E-state index is -3.65. The second kappa shape index (κ2) is 11.4. The predicted octanol–water partition coefficient (Wildman–Crippen LogP) is 4.71. The van der Waals surface area contributed by atoms with E-state index < -0.39 is 10.0 Å². The quantitative estimate of drug-likeness (QED) is 0.204. The van der Waals surface area contributed by atoms with Crippen LogP contribution in [0.15, 0.2) is 51.7 Å². The first-order chi connectivity index (χ1) is 19.1. The lowest BCUT2D eigenvalue weighted by Gasteiger charge is -2.13. The van der Waals surface area contributed by atoms with Crippen LogP contribution in [0.3, 0.4) is 0 Å². The number of hydrogen-bond donors (Lipinski definition) is 3. The zero-order valence-corrected chi connectivity index (χ0v) is 24.4. The number of anilines is 2. The van der Waals surface area contributed by atoms with Gasteiger partial charge >= 0.3 is 0 Å². The van der Waals surface area contributed by atoms with Crippen LogP contribution >= 0.6 is 15.9 Å². The molecule has 2 heterocycles. The van der Waals surface area contributed by atoms with Crippen molar-refractivity contribution in [3.63, 3.8) is 0 Å². The molecule has 0 bridgehead atoms. The first-order valence-corrected chi connectivity index (χ1v) is 15.3. The van der Waals surface area contributed by atoms with Gasteiger partial charge in [-0.15, -0.1) is 0 Å². The maximum absolute atomic E-state index is 13.2. The third kappa shape index (κ3) is 6.36. The van der Waals surface area contributed by atoms with Gasteiger partial charge in [0.2, 0.25) is 10.0 Å². The molecule has 2 aromatic heterocycles. The van der Waals surface area contributed by atoms with E-state index in [4.69, 9.17) is 4.42 Å². The second-order valence-electron chi connectivity index (χ2n) is 9.81. The summed E-state index contributed by atoms with van der Waals surface area (Å²) in [5, 5.41) is 10.8. The van der Waals surface area contributed by atoms with Crippen LogP contribution in [-0.4, -0.2) is 47.3 Å². The number of unbranched alkanes of at least 4 members (excludes halogenated alkanes) is 1. The fraction of sp³-hybridized carbons (Fsp3) is 0.333. The van der Waals surface area contributed by atoms with Crippen LogP contribution in [0.1, 0.15) is 63.9 Å². The van der Waals surface area contributed by atoms with Crippen LogP contribution in [0.5, 0.6) is 0 Å². The molecule has 3 N–H and O–H groups in total. The highest BCUT2D eigenvalue weighted by Crippen LogP contribution is 2.45. The number of carbonyl (C=O) groups is 2. The van der Waals surface area contributed by atoms with Crippen LogP contribution < -0.4 is 15.4 Å². The predicted molar refractivity (Wildman–Crippen MR) is 155 cm³/mol. The lowest BCUT2D eigenvalue weighted by Crippen LogP contribution is -2.26. The normalized spacial score (nSPS) is 13.4. The molecule has 0 aliphatic heterocycles. The number of hydrogen-bond acceptors (Lipinski definition) is 7. The maximum atomic E-state index is 13.2. The summed E-state index contributed by atoms with van der Waals surface area (Å²) >= 11 is 3.39. The van der Waals surface area contributed by atoms with Gasteiger partial charge in [0.25, 0.3) is 11.8 Å². The molecular weight excluding hydrogens is 600 g/mol. The summed E-state index contributed by atoms with van der Waals surface area (Å²) in [6.45, 7) is 1.97. The van der Waals surface area contributed by atoms with Gasteiger partial charge in [0.1, 0.15) is 11.5 Å². The highest BCUT2D eigenvalue weighted by atomic mass is 79.9. The molecule has 1 aliphatic rings. The maximum Gasteiger partial charge on any atom is 0.274 e. The fourth-order valence-electron chi connectivity index (χ4n) is 4.52. The van der Waals surface area contributed by atoms with Crippen LogP contribution in [0.25, 0.3) is 10.9 Å². The molecule has 2 amide bonds. The van der Waals surface area contributed by atoms with E-state index in [1.807, 2.05) is 18.2 Å². The van der Waals surface area contributed by atoms with E-state index >= 15 is 0 Å². The van der Waals surface area contributed by atoms with Crippen molar-refractivity contribution in [2.45, 2.75) is 38.5 Å². The molecule has 0 spiro atoms. The van der Waals surface area contributed by atoms with Crippen molar-refractivity contribution in [1.29, 1.82) is 0 Å². The Morgan fingerprint density at radius 1 is 1.12 bits per heavy atom. The highest BCUT2D eigenvalue weighted by Gasteiger charge is 2.30. The monoisotopic (exact) mass is 628 g/mol. The molecule has 1 fully saturated rings. The summed E-state index contributed by atoms with van der Waals surface area (Å²) in [5.74, 6) is -0.0993. The number of aromatic nitrogens is 3. The number of nitrogens with one attached hydrogen (secondary N) is 3. The molecule has 210 valence electrons. The fourth-order valence-corrected chi connectivity index (χ4v) is 5.98. The van der Waals surface area contributed by atoms with Crippen molar-refractivity contribution >= 4 is 60.0 Å². The highest BCUT2D eigenvalue weighted by molar-refractivity contribution is 9.10. The molecule has 4 aromatic rings. The minimum Gasteiger partial charge on any atom is -0.448 e. The Morgan fingerprint density at radius 2 is 1.88 bits per heavy atom. The molecule has 0 saturated heterocycles. The van der Waals surface area contributed by atoms with Crippen molar-refractivity contribution in [3.05, 3.63) is 70.0 Å². The summed E-state index contributed by atoms with van der Waals surface area (Å²) in [7, 11) is -1.96. The van der Waals surface area contributed by atoms with Crippen LogP contribution in [0.2, 0.25) is 0 Å². The number of rotatable bonds is 11. The van der Waals surface area contributed by atoms with Crippen molar-refractivity contribution in [3.8, 4) is 0 Å². The van der Waals surface area contributed by atoms with Gasteiger partial charge in [-0.05, 0) is 80.5 Å². The van der Waals surface area contributed by atoms with Gasteiger partial charge in [-0.1, -0.05) is 15.9 Å². The van der Waals surface area contributed by atoms with Crippen LogP contribution in [-0.2, 0) is 17.1 Å². The lowest BCUT2D eigenvalue weighted by molar-refractivity contribution is 0.0946. The first kappa shape index (κ1) is 27.8. The molecule has 1 saturated carbocycles. The number of fused-ring (bicyclic) bond motifs is 1. The molecule has 5 rings (SSSR count). The van der Waals surface area contributed by atoms with Gasteiger partial charge in [0.05, 0.1) is 17.0 Å². The van der Waals surface area contributed by atoms with E-state index in [1.54, 1.807) is 32.2 Å². The molecule has 13 heteroatoms. The minimum absolute atomic E-state index is 0.100. The lowest BCUT2D eigenvalue weighted by atomic mass is 10.0. The number of benzene rings is 2. The Labute approximate surface area is 239 Å². The van der Waals surface area contributed by atoms with Crippen LogP contribution in [0.4, 0.5) is 11.4 Å². The van der Waals surface area contributed by atoms with Crippen molar-refractivity contribution in [2.24, 2.45) is 7.05 Å². The van der Waals surface area contributed by atoms with Crippen molar-refractivity contribution < 1.29 is 22.4 Å². The largest absolute Gasteiger partial charge is 0.448 e. The molecule has 0 atom stereocenters. The number of oxazole rings is 1. The molecule has 2 aromatic carbocycles. The SMILES string of the molecule is Cc1ocnc1C(=O)NCCCCS(=O)(=O)Nc1cc2nn(C)c(C(=O)Nc3ccc(Br)cc3)c2cc1C1CC1. The van der Waals surface area contributed by atoms with Gasteiger partial charge in [0.15, 0.2) is 12.1 Å². The molecule has 40 heavy (non-hydrogen) atoms. The Kier molecular flexibility index (Phi) is 7.95. The topological polar surface area (TPSA) is 148 Å². The van der Waals surface area contributed by atoms with Gasteiger partial charge in [-0.25, -0.2) is 13.4 Å². The summed E-state index contributed by atoms with van der Waals surface area (Å²) in [6.07, 6.45) is 3.95. The van der Waals surface area contributed by atoms with Gasteiger partial charge in [-0.3, -0.25) is 19.0 Å². The summed E-state index contributed by atoms with van der Waals surface area (Å²) in [4.78, 5) is 29.2. The zero-order chi connectivity index (χ0) is 28.4. The Balaban J connectivity index is 1.26. The van der Waals surface area contributed by atoms with E-state index in [-0.39, 0.29) is 29.2 Å². The van der Waals surface area contributed by atoms with Gasteiger partial charge in [0, 0.05) is 29.1 Å². The molecule has 1 aliphatic carbocycles. The number of sulfonamides is 1. The number of carbonyl (C=O) groups excluding carboxylic acids is 2. The smallest absolute Gasteiger partial charge is 0.274 e. The number of nitrogens with zero attached hydrogens (tertiary/aromatic N) is 3. The van der Waals surface area contributed by atoms with E-state index in [0.29, 0.717) is 53.1 Å². The first-order valence-electron chi connectivity index (χ1n) is 12.9. The van der Waals surface area contributed by atoms with Crippen LogP contribution in [0, 0.1) is 6.92 Å². The number of amides is 2. The third-order valence-corrected chi connectivity index (χ3v) is 8.58. The summed E-state index contributed by atoms with van der Waals surface area (Å²) in [5.41, 5.74) is 3.15. The van der Waals surface area contributed by atoms with Gasteiger partial charge < -0.3 is 15.1 Å². The molecule has 11 nitrogen and oxygen atoms in total. The van der Waals surface area contributed by atoms with Gasteiger partial charge in [-0.2, -0.15) is 5.10 Å². The van der Waals surface area contributed by atoms with E-state index in [9.17, 15) is 18.0 Å². The third-order valence-electron chi connectivity index (χ3n) is 6.69. The molecular formula is C27H29BrN6O5S. The van der Waals surface area contributed by atoms with E-state index in [2.05, 4.69) is 41.4 Å². The number of halogens is 1. The summed E-state index contributed by atoms with van der Waals surface area (Å²) < 4.78 is 36.1. The summed E-state index contributed by atoms with van der Waals surface area (Å²) in [6, 6.07) is 10.9. The Hall–Kier alpha value is -3.71. The number of aryl methyl sites for hydroxylation is 2. The second-order valence-corrected chi connectivity index (χ2v) is 12.6. The molecule has 0 unspecified atom stereocenters. The standard InChI is InChI=1S/C27H29BrN6O5S/c1-16-24(30-15-39-16)26(35)29-11-3-4-12-40(37,38)33-23-14-22-21(13-20(23)17-5-6-17)25(34(2)32-22)27(36)31-19-9-7-18(28)8-10-19/h7-10,13-15,17,33H,3-6,11-12H2,1-2H3,(H,29,35)(H,31,36). The Morgan fingerprint density at radius 3 is 2.55 bits per heavy atom. The van der Waals surface area contributed by atoms with Crippen molar-refractivity contribution in [2.75, 3.05) is 22.3 Å². The zero-order valence-electron chi connectivity index (χ0n) is 22.0. The van der Waals surface area contributed by atoms with Crippen molar-refractivity contribution in [1.82, 2.24) is 20.1 Å². The average molecular weight is 630 g/mol. The Bertz CT molecular complexity index is 1680.